The molecule has 1 aliphatic rings. The number of carbonyl (C=O) groups excluding carboxylic acids is 1. The van der Waals surface area contributed by atoms with Crippen LogP contribution in [0, 0.1) is 0 Å². The highest BCUT2D eigenvalue weighted by atomic mass is 19.4. The number of hydrogen-bond acceptors (Lipinski definition) is 3. The van der Waals surface area contributed by atoms with Gasteiger partial charge >= 0.3 is 12.1 Å². The van der Waals surface area contributed by atoms with Crippen LogP contribution in [-0.2, 0) is 16.0 Å². The molecule has 2 N–H and O–H groups in total. The number of rotatable bonds is 2. The summed E-state index contributed by atoms with van der Waals surface area (Å²) in [6.45, 7) is 3.46. The molecule has 0 saturated heterocycles. The van der Waals surface area contributed by atoms with Gasteiger partial charge in [0, 0.05) is 12.4 Å². The lowest BCUT2D eigenvalue weighted by molar-refractivity contribution is -0.192. The van der Waals surface area contributed by atoms with Crippen LogP contribution in [0.2, 0.25) is 0 Å². The lowest BCUT2D eigenvalue weighted by Gasteiger charge is -2.25. The van der Waals surface area contributed by atoms with E-state index < -0.39 is 12.1 Å². The fourth-order valence-corrected chi connectivity index (χ4v) is 2.02. The van der Waals surface area contributed by atoms with Gasteiger partial charge in [0.15, 0.2) is 0 Å². The Morgan fingerprint density at radius 2 is 2.09 bits per heavy atom. The van der Waals surface area contributed by atoms with Crippen molar-refractivity contribution in [2.75, 3.05) is 0 Å². The van der Waals surface area contributed by atoms with Crippen molar-refractivity contribution in [2.24, 2.45) is 0 Å². The van der Waals surface area contributed by atoms with Crippen LogP contribution in [0.5, 0.6) is 0 Å². The summed E-state index contributed by atoms with van der Waals surface area (Å²) in [6, 6.07) is 2.12. The SMILES string of the molecule is C=CC(=O)NC1CCCc2cnccc21.O=C(O)C(F)(F)F. The number of pyridine rings is 1. The lowest BCUT2D eigenvalue weighted by atomic mass is 9.89. The van der Waals surface area contributed by atoms with Gasteiger partial charge in [-0.2, -0.15) is 13.2 Å². The summed E-state index contributed by atoms with van der Waals surface area (Å²) in [5.41, 5.74) is 2.45. The van der Waals surface area contributed by atoms with E-state index in [0.717, 1.165) is 19.3 Å². The van der Waals surface area contributed by atoms with Crippen LogP contribution >= 0.6 is 0 Å². The third-order valence-corrected chi connectivity index (χ3v) is 3.00. The first-order chi connectivity index (χ1) is 10.3. The highest BCUT2D eigenvalue weighted by Crippen LogP contribution is 2.28. The number of hydrogen-bond donors (Lipinski definition) is 2. The summed E-state index contributed by atoms with van der Waals surface area (Å²) in [5.74, 6) is -2.86. The van der Waals surface area contributed by atoms with Gasteiger partial charge in [0.2, 0.25) is 5.91 Å². The topological polar surface area (TPSA) is 79.3 Å². The lowest BCUT2D eigenvalue weighted by Crippen LogP contribution is -2.29. The minimum absolute atomic E-state index is 0.107. The maximum atomic E-state index is 11.2. The van der Waals surface area contributed by atoms with Gasteiger partial charge < -0.3 is 10.4 Å². The molecule has 1 aromatic heterocycles. The number of carboxylic acids is 1. The minimum Gasteiger partial charge on any atom is -0.475 e. The van der Waals surface area contributed by atoms with Crippen molar-refractivity contribution in [1.82, 2.24) is 10.3 Å². The third-order valence-electron chi connectivity index (χ3n) is 3.00. The Kier molecular flexibility index (Phi) is 6.09. The molecule has 1 aliphatic carbocycles. The number of aromatic nitrogens is 1. The zero-order valence-corrected chi connectivity index (χ0v) is 11.6. The van der Waals surface area contributed by atoms with E-state index in [4.69, 9.17) is 9.90 Å². The maximum absolute atomic E-state index is 11.2. The molecular formula is C14H15F3N2O3. The molecule has 8 heteroatoms. The fourth-order valence-electron chi connectivity index (χ4n) is 2.02. The van der Waals surface area contributed by atoms with E-state index in [1.165, 1.54) is 17.2 Å². The van der Waals surface area contributed by atoms with E-state index in [2.05, 4.69) is 16.9 Å². The predicted molar refractivity (Wildman–Crippen MR) is 71.9 cm³/mol. The predicted octanol–water partition coefficient (Wildman–Crippen LogP) is 2.39. The fraction of sp³-hybridized carbons (Fsp3) is 0.357. The molecule has 1 aromatic rings. The number of aryl methyl sites for hydroxylation is 1. The van der Waals surface area contributed by atoms with Crippen molar-refractivity contribution < 1.29 is 27.9 Å². The molecule has 0 bridgehead atoms. The molecule has 5 nitrogen and oxygen atoms in total. The van der Waals surface area contributed by atoms with Crippen LogP contribution in [0.4, 0.5) is 13.2 Å². The van der Waals surface area contributed by atoms with E-state index in [1.807, 2.05) is 12.3 Å². The number of alkyl halides is 3. The Morgan fingerprint density at radius 1 is 1.45 bits per heavy atom. The van der Waals surface area contributed by atoms with Crippen molar-refractivity contribution in [3.8, 4) is 0 Å². The molecule has 0 aromatic carbocycles. The Labute approximate surface area is 124 Å². The van der Waals surface area contributed by atoms with Crippen molar-refractivity contribution in [3.63, 3.8) is 0 Å². The van der Waals surface area contributed by atoms with Crippen molar-refractivity contribution in [2.45, 2.75) is 31.5 Å². The Balaban J connectivity index is 0.000000295. The molecule has 1 amide bonds. The Morgan fingerprint density at radius 3 is 2.64 bits per heavy atom. The van der Waals surface area contributed by atoms with Crippen LogP contribution < -0.4 is 5.32 Å². The first-order valence-electron chi connectivity index (χ1n) is 6.41. The molecule has 0 radical (unpaired) electrons. The number of amides is 1. The Hall–Kier alpha value is -2.38. The monoisotopic (exact) mass is 316 g/mol. The van der Waals surface area contributed by atoms with Gasteiger partial charge in [-0.1, -0.05) is 6.58 Å². The number of halogens is 3. The van der Waals surface area contributed by atoms with E-state index >= 15 is 0 Å². The van der Waals surface area contributed by atoms with E-state index in [0.29, 0.717) is 0 Å². The highest BCUT2D eigenvalue weighted by Gasteiger charge is 2.38. The summed E-state index contributed by atoms with van der Waals surface area (Å²) in [4.78, 5) is 24.2. The Bertz CT molecular complexity index is 559. The molecule has 0 aliphatic heterocycles. The van der Waals surface area contributed by atoms with Gasteiger partial charge in [0.25, 0.3) is 0 Å². The average molecular weight is 316 g/mol. The smallest absolute Gasteiger partial charge is 0.475 e. The van der Waals surface area contributed by atoms with Crippen LogP contribution in [0.15, 0.2) is 31.1 Å². The van der Waals surface area contributed by atoms with Gasteiger partial charge in [-0.3, -0.25) is 9.78 Å². The summed E-state index contributed by atoms with van der Waals surface area (Å²) in [5, 5.41) is 10.1. The second-order valence-corrected chi connectivity index (χ2v) is 4.53. The normalized spacial score (nSPS) is 16.6. The quantitative estimate of drug-likeness (QED) is 0.821. The summed E-state index contributed by atoms with van der Waals surface area (Å²) < 4.78 is 31.7. The average Bonchev–Trinajstić information content (AvgIpc) is 2.47. The van der Waals surface area contributed by atoms with Gasteiger partial charge in [-0.25, -0.2) is 4.79 Å². The zero-order chi connectivity index (χ0) is 16.8. The standard InChI is InChI=1S/C12H14N2O.C2HF3O2/c1-2-12(15)14-11-5-3-4-9-8-13-7-6-10(9)11;3-2(4,5)1(6)7/h2,6-8,11H,1,3-5H2,(H,14,15);(H,6,7). The number of aliphatic carboxylic acids is 1. The molecule has 0 saturated carbocycles. The number of carbonyl (C=O) groups is 2. The molecule has 120 valence electrons. The molecule has 1 unspecified atom stereocenters. The van der Waals surface area contributed by atoms with E-state index in [-0.39, 0.29) is 11.9 Å². The largest absolute Gasteiger partial charge is 0.490 e. The van der Waals surface area contributed by atoms with Crippen LogP contribution in [0.3, 0.4) is 0 Å². The molecular weight excluding hydrogens is 301 g/mol. The van der Waals surface area contributed by atoms with Crippen molar-refractivity contribution in [1.29, 1.82) is 0 Å². The van der Waals surface area contributed by atoms with E-state index in [1.54, 1.807) is 6.20 Å². The molecule has 1 atom stereocenters. The number of carboxylic acid groups (broad SMARTS) is 1. The van der Waals surface area contributed by atoms with E-state index in [9.17, 15) is 18.0 Å². The molecule has 22 heavy (non-hydrogen) atoms. The van der Waals surface area contributed by atoms with Crippen LogP contribution in [0.1, 0.15) is 30.0 Å². The number of nitrogens with one attached hydrogen (secondary N) is 1. The van der Waals surface area contributed by atoms with Crippen molar-refractivity contribution in [3.05, 3.63) is 42.2 Å². The number of fused-ring (bicyclic) bond motifs is 1. The van der Waals surface area contributed by atoms with Crippen molar-refractivity contribution >= 4 is 11.9 Å². The van der Waals surface area contributed by atoms with Gasteiger partial charge in [-0.15, -0.1) is 0 Å². The van der Waals surface area contributed by atoms with Gasteiger partial charge in [0.1, 0.15) is 0 Å². The molecule has 0 spiro atoms. The highest BCUT2D eigenvalue weighted by molar-refractivity contribution is 5.87. The molecule has 0 fully saturated rings. The van der Waals surface area contributed by atoms with Gasteiger partial charge in [0.05, 0.1) is 6.04 Å². The van der Waals surface area contributed by atoms with Crippen LogP contribution in [0.25, 0.3) is 0 Å². The minimum atomic E-state index is -5.08. The van der Waals surface area contributed by atoms with Gasteiger partial charge in [-0.05, 0) is 42.5 Å². The summed E-state index contributed by atoms with van der Waals surface area (Å²) >= 11 is 0. The second-order valence-electron chi connectivity index (χ2n) is 4.53. The first kappa shape index (κ1) is 17.7. The number of nitrogens with zero attached hydrogens (tertiary/aromatic N) is 1. The second kappa shape index (κ2) is 7.58. The first-order valence-corrected chi connectivity index (χ1v) is 6.41. The molecule has 2 rings (SSSR count). The third kappa shape index (κ3) is 5.19. The molecule has 1 heterocycles. The summed E-state index contributed by atoms with van der Waals surface area (Å²) in [6.07, 6.45) is 3.05. The zero-order valence-electron chi connectivity index (χ0n) is 11.6. The maximum Gasteiger partial charge on any atom is 0.490 e. The van der Waals surface area contributed by atoms with Crippen LogP contribution in [-0.4, -0.2) is 28.1 Å². The summed E-state index contributed by atoms with van der Waals surface area (Å²) in [7, 11) is 0.